The first-order valence-corrected chi connectivity index (χ1v) is 30.7. The molecular formula is C66H81FN6O19. The second kappa shape index (κ2) is 37.1. The van der Waals surface area contributed by atoms with E-state index in [2.05, 4.69) is 21.3 Å². The molecule has 2 aliphatic heterocycles. The molecule has 3 atom stereocenters. The first-order valence-electron chi connectivity index (χ1n) is 30.7. The number of anilines is 1. The van der Waals surface area contributed by atoms with E-state index in [0.717, 1.165) is 10.5 Å². The van der Waals surface area contributed by atoms with Crippen molar-refractivity contribution in [2.75, 3.05) is 111 Å². The average molecular weight is 1280 g/mol. The van der Waals surface area contributed by atoms with Gasteiger partial charge in [0.05, 0.1) is 120 Å². The predicted molar refractivity (Wildman–Crippen MR) is 332 cm³/mol. The fourth-order valence-corrected chi connectivity index (χ4v) is 10.4. The minimum Gasteiger partial charge on any atom is -0.491 e. The van der Waals surface area contributed by atoms with E-state index in [1.54, 1.807) is 36.4 Å². The Bertz CT molecular complexity index is 3250. The summed E-state index contributed by atoms with van der Waals surface area (Å²) in [5, 5.41) is 40.9. The van der Waals surface area contributed by atoms with Gasteiger partial charge in [-0.05, 0) is 103 Å². The molecule has 7 rings (SSSR count). The third kappa shape index (κ3) is 21.6. The zero-order valence-electron chi connectivity index (χ0n) is 51.7. The number of carbonyl (C=O) groups is 8. The molecule has 25 nitrogen and oxygen atoms in total. The Labute approximate surface area is 532 Å². The molecule has 4 aromatic carbocycles. The van der Waals surface area contributed by atoms with Crippen LogP contribution < -0.4 is 30.7 Å². The largest absolute Gasteiger partial charge is 0.491 e. The molecule has 3 heterocycles. The third-order valence-corrected chi connectivity index (χ3v) is 14.6. The Morgan fingerprint density at radius 2 is 1.26 bits per heavy atom. The number of carbonyl (C=O) groups excluding carboxylic acids is 7. The number of carboxylic acids is 1. The number of aliphatic hydroxyl groups is 2. The van der Waals surface area contributed by atoms with Gasteiger partial charge in [-0.25, -0.2) is 4.39 Å². The minimum atomic E-state index is -1.24. The molecule has 1 saturated heterocycles. The fraction of sp³-hybridized carbons (Fsp3) is 0.455. The number of rotatable bonds is 42. The molecule has 26 heteroatoms. The molecule has 0 radical (unpaired) electrons. The Kier molecular flexibility index (Phi) is 28.7. The maximum atomic E-state index is 14.6. The Hall–Kier alpha value is -8.47. The van der Waals surface area contributed by atoms with Gasteiger partial charge >= 0.3 is 5.97 Å². The number of aromatic nitrogens is 1. The number of halogens is 1. The van der Waals surface area contributed by atoms with Gasteiger partial charge in [0.15, 0.2) is 6.61 Å². The quantitative estimate of drug-likeness (QED) is 0.0193. The molecule has 5 aromatic rings. The SMILES string of the molecule is CC(C)c1c(C(=O)Nc2ccc(OCCOCCOCCOCCOCCOCCOCCNC(=O)CCCNC(=O)COc3cccc4c3C(=O)N(C3CCC(=O)NC3=O)C4=O)cc2)c(-c2ccccc2)c(-c2ccc(F)cc2)n1CCC(O)CC(O)CC(=O)O. The smallest absolute Gasteiger partial charge is 0.305 e. The first kappa shape index (κ1) is 71.0. The van der Waals surface area contributed by atoms with Crippen LogP contribution in [-0.2, 0) is 58.9 Å². The number of aliphatic hydroxyl groups excluding tert-OH is 2. The van der Waals surface area contributed by atoms with Gasteiger partial charge in [-0.15, -0.1) is 0 Å². The number of carboxylic acid groups (broad SMARTS) is 1. The number of imide groups is 2. The summed E-state index contributed by atoms with van der Waals surface area (Å²) in [7, 11) is 0. The standard InChI is InChI=1S/C66H81FN6O19/c1-43(2)61-60(58(44-8-4-3-5-9-44)62(45-13-15-46(67)16-14-45)72(61)26-23-48(74)40-49(75)41-57(79)80)64(82)70-47-17-19-50(20-18-47)91-39-38-90-37-36-89-35-34-88-33-32-87-31-30-86-29-28-85-27-25-69-54(76)12-7-24-68-56(78)42-92-53-11-6-10-51-59(53)66(84)73(65(51)83)52-21-22-55(77)71-63(52)81/h3-6,8-11,13-20,43,48-49,52,74-75H,7,12,21-42H2,1-2H3,(H,68,78)(H,69,76)(H,70,82)(H,79,80)(H,71,77,81). The molecule has 496 valence electrons. The van der Waals surface area contributed by atoms with Crippen molar-refractivity contribution in [3.63, 3.8) is 0 Å². The van der Waals surface area contributed by atoms with Crippen LogP contribution in [0.2, 0.25) is 0 Å². The Balaban J connectivity index is 0.676. The summed E-state index contributed by atoms with van der Waals surface area (Å²) in [6, 6.07) is 25.6. The Morgan fingerprint density at radius 1 is 0.652 bits per heavy atom. The molecule has 0 saturated carbocycles. The lowest BCUT2D eigenvalue weighted by Gasteiger charge is -2.27. The summed E-state index contributed by atoms with van der Waals surface area (Å²) in [4.78, 5) is 101. The summed E-state index contributed by atoms with van der Waals surface area (Å²) in [5.74, 6) is -5.00. The molecule has 3 unspecified atom stereocenters. The van der Waals surface area contributed by atoms with E-state index >= 15 is 0 Å². The van der Waals surface area contributed by atoms with E-state index < -0.39 is 72.6 Å². The van der Waals surface area contributed by atoms with Crippen molar-refractivity contribution in [3.05, 3.63) is 125 Å². The van der Waals surface area contributed by atoms with Gasteiger partial charge in [0, 0.05) is 49.4 Å². The Morgan fingerprint density at radius 3 is 1.87 bits per heavy atom. The first-order chi connectivity index (χ1) is 44.5. The molecule has 7 N–H and O–H groups in total. The lowest BCUT2D eigenvalue weighted by atomic mass is 9.94. The van der Waals surface area contributed by atoms with Crippen LogP contribution in [0.3, 0.4) is 0 Å². The van der Waals surface area contributed by atoms with Crippen LogP contribution in [-0.4, -0.2) is 196 Å². The number of amides is 7. The molecule has 7 amide bonds. The number of hydrogen-bond acceptors (Lipinski definition) is 18. The number of nitrogens with zero attached hydrogens (tertiary/aromatic N) is 2. The molecule has 0 spiro atoms. The second-order valence-corrected chi connectivity index (χ2v) is 21.8. The van der Waals surface area contributed by atoms with E-state index in [4.69, 9.17) is 43.0 Å². The van der Waals surface area contributed by atoms with Gasteiger partial charge in [-0.1, -0.05) is 50.2 Å². The number of aliphatic carboxylic acids is 1. The van der Waals surface area contributed by atoms with Crippen molar-refractivity contribution >= 4 is 53.0 Å². The van der Waals surface area contributed by atoms with Gasteiger partial charge in [0.2, 0.25) is 17.7 Å². The summed E-state index contributed by atoms with van der Waals surface area (Å²) in [6.07, 6.45) is -2.29. The van der Waals surface area contributed by atoms with E-state index in [9.17, 15) is 53.0 Å². The highest BCUT2D eigenvalue weighted by Gasteiger charge is 2.46. The number of ether oxygens (including phenoxy) is 8. The molecule has 1 fully saturated rings. The van der Waals surface area contributed by atoms with Crippen LogP contribution in [0.25, 0.3) is 22.4 Å². The third-order valence-electron chi connectivity index (χ3n) is 14.6. The second-order valence-electron chi connectivity index (χ2n) is 21.8. The maximum Gasteiger partial charge on any atom is 0.305 e. The van der Waals surface area contributed by atoms with Gasteiger partial charge in [-0.3, -0.25) is 48.6 Å². The van der Waals surface area contributed by atoms with Crippen LogP contribution in [0.15, 0.2) is 97.1 Å². The van der Waals surface area contributed by atoms with Gasteiger partial charge in [-0.2, -0.15) is 0 Å². The van der Waals surface area contributed by atoms with Crippen LogP contribution in [0.5, 0.6) is 11.5 Å². The number of hydrogen-bond donors (Lipinski definition) is 7. The van der Waals surface area contributed by atoms with Crippen molar-refractivity contribution in [1.29, 1.82) is 0 Å². The number of nitrogens with one attached hydrogen (secondary N) is 4. The highest BCUT2D eigenvalue weighted by Crippen LogP contribution is 2.43. The van der Waals surface area contributed by atoms with Gasteiger partial charge in [0.25, 0.3) is 23.6 Å². The zero-order valence-corrected chi connectivity index (χ0v) is 51.7. The highest BCUT2D eigenvalue weighted by molar-refractivity contribution is 6.24. The predicted octanol–water partition coefficient (Wildman–Crippen LogP) is 5.28. The van der Waals surface area contributed by atoms with Crippen molar-refractivity contribution in [2.24, 2.45) is 0 Å². The summed E-state index contributed by atoms with van der Waals surface area (Å²) in [5.41, 5.74) is 4.22. The summed E-state index contributed by atoms with van der Waals surface area (Å²) in [6.45, 7) is 8.67. The number of fused-ring (bicyclic) bond motifs is 1. The topological polar surface area (TPSA) is 327 Å². The van der Waals surface area contributed by atoms with Crippen LogP contribution in [0, 0.1) is 5.82 Å². The monoisotopic (exact) mass is 1280 g/mol. The van der Waals surface area contributed by atoms with Crippen LogP contribution in [0.4, 0.5) is 10.1 Å². The molecule has 92 heavy (non-hydrogen) atoms. The molecule has 0 bridgehead atoms. The molecule has 0 aliphatic carbocycles. The average Bonchev–Trinajstić information content (AvgIpc) is 1.60. The number of piperidine rings is 1. The fourth-order valence-electron chi connectivity index (χ4n) is 10.4. The van der Waals surface area contributed by atoms with Crippen molar-refractivity contribution in [1.82, 2.24) is 25.4 Å². The van der Waals surface area contributed by atoms with Gasteiger partial charge < -0.3 is 73.7 Å². The minimum absolute atomic E-state index is 0.00502. The lowest BCUT2D eigenvalue weighted by Crippen LogP contribution is -2.54. The lowest BCUT2D eigenvalue weighted by molar-refractivity contribution is -0.140. The zero-order chi connectivity index (χ0) is 65.8. The molecular weight excluding hydrogens is 1200 g/mol. The highest BCUT2D eigenvalue weighted by atomic mass is 19.1. The van der Waals surface area contributed by atoms with E-state index in [-0.39, 0.29) is 93.0 Å². The maximum absolute atomic E-state index is 14.6. The van der Waals surface area contributed by atoms with Crippen molar-refractivity contribution in [3.8, 4) is 33.9 Å². The normalized spacial score (nSPS) is 14.5. The van der Waals surface area contributed by atoms with E-state index in [0.29, 0.717) is 125 Å². The van der Waals surface area contributed by atoms with Crippen molar-refractivity contribution in [2.45, 2.75) is 89.5 Å². The van der Waals surface area contributed by atoms with E-state index in [1.807, 2.05) is 48.7 Å². The number of benzene rings is 4. The molecule has 1 aromatic heterocycles. The van der Waals surface area contributed by atoms with Crippen LogP contribution >= 0.6 is 0 Å². The molecule has 2 aliphatic rings. The van der Waals surface area contributed by atoms with Crippen molar-refractivity contribution < 1.29 is 96.0 Å². The summed E-state index contributed by atoms with van der Waals surface area (Å²) < 4.78 is 61.1. The van der Waals surface area contributed by atoms with Gasteiger partial charge in [0.1, 0.15) is 30.0 Å². The van der Waals surface area contributed by atoms with Crippen LogP contribution in [0.1, 0.15) is 101 Å². The summed E-state index contributed by atoms with van der Waals surface area (Å²) >= 11 is 0. The van der Waals surface area contributed by atoms with E-state index in [1.165, 1.54) is 30.3 Å².